The van der Waals surface area contributed by atoms with E-state index in [0.29, 0.717) is 32.7 Å². The molecule has 1 heterocycles. The predicted octanol–water partition coefficient (Wildman–Crippen LogP) is 1.07. The first kappa shape index (κ1) is 17.0. The zero-order valence-electron chi connectivity index (χ0n) is 11.9. The van der Waals surface area contributed by atoms with E-state index in [2.05, 4.69) is 5.32 Å². The summed E-state index contributed by atoms with van der Waals surface area (Å²) in [6, 6.07) is 4.82. The summed E-state index contributed by atoms with van der Waals surface area (Å²) < 4.78 is 0. The van der Waals surface area contributed by atoms with Crippen LogP contribution in [-0.2, 0) is 9.59 Å². The van der Waals surface area contributed by atoms with Gasteiger partial charge >= 0.3 is 11.8 Å². The van der Waals surface area contributed by atoms with Crippen LogP contribution >= 0.6 is 23.2 Å². The maximum absolute atomic E-state index is 12.1. The molecule has 1 aliphatic rings. The van der Waals surface area contributed by atoms with Gasteiger partial charge in [0, 0.05) is 32.7 Å². The lowest BCUT2D eigenvalue weighted by molar-refractivity contribution is -0.144. The third kappa shape index (κ3) is 4.10. The minimum absolute atomic E-state index is 0.0828. The van der Waals surface area contributed by atoms with Crippen molar-refractivity contribution in [3.05, 3.63) is 28.2 Å². The highest BCUT2D eigenvalue weighted by atomic mass is 35.5. The lowest BCUT2D eigenvalue weighted by Crippen LogP contribution is -2.52. The van der Waals surface area contributed by atoms with Gasteiger partial charge in [-0.3, -0.25) is 14.5 Å². The van der Waals surface area contributed by atoms with Crippen LogP contribution in [0.25, 0.3) is 0 Å². The van der Waals surface area contributed by atoms with Crippen molar-refractivity contribution in [3.63, 3.8) is 0 Å². The Morgan fingerprint density at radius 2 is 1.73 bits per heavy atom. The van der Waals surface area contributed by atoms with Crippen LogP contribution in [0.15, 0.2) is 18.2 Å². The number of para-hydroxylation sites is 1. The number of carbonyl (C=O) groups excluding carboxylic acids is 2. The molecule has 0 unspecified atom stereocenters. The number of piperazine rings is 1. The maximum Gasteiger partial charge on any atom is 0.313 e. The van der Waals surface area contributed by atoms with Gasteiger partial charge in [-0.05, 0) is 12.1 Å². The maximum atomic E-state index is 12.1. The fraction of sp³-hybridized carbons (Fsp3) is 0.429. The summed E-state index contributed by atoms with van der Waals surface area (Å²) in [7, 11) is 0. The SMILES string of the molecule is O=C(Nc1c(Cl)cccc1Cl)C(=O)N1CCN(CCO)CC1. The quantitative estimate of drug-likeness (QED) is 0.803. The first-order valence-corrected chi connectivity index (χ1v) is 7.66. The van der Waals surface area contributed by atoms with E-state index >= 15 is 0 Å². The van der Waals surface area contributed by atoms with Crippen molar-refractivity contribution in [2.75, 3.05) is 44.6 Å². The molecule has 0 spiro atoms. The standard InChI is InChI=1S/C14H17Cl2N3O3/c15-10-2-1-3-11(16)12(10)17-13(21)14(22)19-6-4-18(5-7-19)8-9-20/h1-3,20H,4-9H2,(H,17,21). The Kier molecular flexibility index (Phi) is 6.02. The highest BCUT2D eigenvalue weighted by Crippen LogP contribution is 2.29. The van der Waals surface area contributed by atoms with E-state index in [1.54, 1.807) is 18.2 Å². The molecular weight excluding hydrogens is 329 g/mol. The molecule has 22 heavy (non-hydrogen) atoms. The third-order valence-corrected chi connectivity index (χ3v) is 4.10. The van der Waals surface area contributed by atoms with Crippen molar-refractivity contribution >= 4 is 40.7 Å². The minimum Gasteiger partial charge on any atom is -0.395 e. The molecule has 0 bridgehead atoms. The average Bonchev–Trinajstić information content (AvgIpc) is 2.51. The fourth-order valence-corrected chi connectivity index (χ4v) is 2.74. The Labute approximate surface area is 138 Å². The molecule has 1 aromatic carbocycles. The highest BCUT2D eigenvalue weighted by molar-refractivity contribution is 6.44. The molecule has 0 aromatic heterocycles. The summed E-state index contributed by atoms with van der Waals surface area (Å²) in [5.74, 6) is -1.37. The summed E-state index contributed by atoms with van der Waals surface area (Å²) in [5, 5.41) is 11.9. The smallest absolute Gasteiger partial charge is 0.313 e. The van der Waals surface area contributed by atoms with Crippen molar-refractivity contribution in [3.8, 4) is 0 Å². The molecule has 0 aliphatic carbocycles. The Hall–Kier alpha value is -1.34. The van der Waals surface area contributed by atoms with E-state index in [4.69, 9.17) is 28.3 Å². The van der Waals surface area contributed by atoms with Crippen LogP contribution in [-0.4, -0.2) is 66.1 Å². The van der Waals surface area contributed by atoms with Crippen molar-refractivity contribution in [2.24, 2.45) is 0 Å². The Bertz CT molecular complexity index is 540. The lowest BCUT2D eigenvalue weighted by atomic mass is 10.3. The Morgan fingerprint density at radius 1 is 1.14 bits per heavy atom. The molecule has 1 aromatic rings. The van der Waals surface area contributed by atoms with Gasteiger partial charge in [-0.2, -0.15) is 0 Å². The molecule has 1 aliphatic heterocycles. The second kappa shape index (κ2) is 7.78. The van der Waals surface area contributed by atoms with Crippen LogP contribution in [0.2, 0.25) is 10.0 Å². The second-order valence-electron chi connectivity index (χ2n) is 4.91. The topological polar surface area (TPSA) is 72.9 Å². The van der Waals surface area contributed by atoms with Gasteiger partial charge in [-0.25, -0.2) is 0 Å². The van der Waals surface area contributed by atoms with E-state index in [-0.39, 0.29) is 22.3 Å². The van der Waals surface area contributed by atoms with Gasteiger partial charge in [-0.1, -0.05) is 29.3 Å². The largest absolute Gasteiger partial charge is 0.395 e. The number of β-amino-alcohol motifs (C(OH)–C–C–N with tert-alkyl or cyclic N) is 1. The zero-order valence-corrected chi connectivity index (χ0v) is 13.4. The fourth-order valence-electron chi connectivity index (χ4n) is 2.24. The molecular formula is C14H17Cl2N3O3. The van der Waals surface area contributed by atoms with E-state index < -0.39 is 11.8 Å². The molecule has 6 nitrogen and oxygen atoms in total. The number of nitrogens with zero attached hydrogens (tertiary/aromatic N) is 2. The molecule has 2 N–H and O–H groups in total. The van der Waals surface area contributed by atoms with Gasteiger partial charge in [0.25, 0.3) is 0 Å². The van der Waals surface area contributed by atoms with E-state index in [1.165, 1.54) is 4.90 Å². The van der Waals surface area contributed by atoms with Crippen LogP contribution in [0.3, 0.4) is 0 Å². The zero-order chi connectivity index (χ0) is 16.1. The van der Waals surface area contributed by atoms with Crippen molar-refractivity contribution < 1.29 is 14.7 Å². The van der Waals surface area contributed by atoms with E-state index in [9.17, 15) is 9.59 Å². The summed E-state index contributed by atoms with van der Waals surface area (Å²) >= 11 is 11.9. The molecule has 120 valence electrons. The number of carbonyl (C=O) groups is 2. The van der Waals surface area contributed by atoms with Gasteiger partial charge < -0.3 is 15.3 Å². The second-order valence-corrected chi connectivity index (χ2v) is 5.72. The first-order valence-electron chi connectivity index (χ1n) is 6.90. The molecule has 1 saturated heterocycles. The normalized spacial score (nSPS) is 15.7. The van der Waals surface area contributed by atoms with E-state index in [0.717, 1.165) is 0 Å². The number of halogens is 2. The van der Waals surface area contributed by atoms with Gasteiger partial charge in [0.15, 0.2) is 0 Å². The number of nitrogens with one attached hydrogen (secondary N) is 1. The van der Waals surface area contributed by atoms with Crippen LogP contribution in [0, 0.1) is 0 Å². The monoisotopic (exact) mass is 345 g/mol. The van der Waals surface area contributed by atoms with Crippen LogP contribution in [0.5, 0.6) is 0 Å². The Morgan fingerprint density at radius 3 is 2.27 bits per heavy atom. The van der Waals surface area contributed by atoms with Crippen molar-refractivity contribution in [2.45, 2.75) is 0 Å². The average molecular weight is 346 g/mol. The number of rotatable bonds is 3. The summed E-state index contributed by atoms with van der Waals surface area (Å²) in [6.07, 6.45) is 0. The van der Waals surface area contributed by atoms with Gasteiger partial charge in [0.1, 0.15) is 0 Å². The van der Waals surface area contributed by atoms with Crippen molar-refractivity contribution in [1.82, 2.24) is 9.80 Å². The van der Waals surface area contributed by atoms with Gasteiger partial charge in [-0.15, -0.1) is 0 Å². The summed E-state index contributed by atoms with van der Waals surface area (Å²) in [5.41, 5.74) is 0.239. The molecule has 0 saturated carbocycles. The van der Waals surface area contributed by atoms with Gasteiger partial charge in [0.05, 0.1) is 22.3 Å². The lowest BCUT2D eigenvalue weighted by Gasteiger charge is -2.33. The molecule has 0 atom stereocenters. The number of amides is 2. The number of hydrogen-bond acceptors (Lipinski definition) is 4. The third-order valence-electron chi connectivity index (χ3n) is 3.47. The van der Waals surface area contributed by atoms with Crippen LogP contribution in [0.1, 0.15) is 0 Å². The molecule has 2 rings (SSSR count). The predicted molar refractivity (Wildman–Crippen MR) is 85.2 cm³/mol. The molecule has 8 heteroatoms. The molecule has 2 amide bonds. The Balaban J connectivity index is 1.94. The summed E-state index contributed by atoms with van der Waals surface area (Å²) in [4.78, 5) is 27.7. The van der Waals surface area contributed by atoms with Gasteiger partial charge in [0.2, 0.25) is 0 Å². The summed E-state index contributed by atoms with van der Waals surface area (Å²) in [6.45, 7) is 2.81. The van der Waals surface area contributed by atoms with Crippen LogP contribution in [0.4, 0.5) is 5.69 Å². The van der Waals surface area contributed by atoms with E-state index in [1.807, 2.05) is 4.90 Å². The number of aliphatic hydroxyl groups excluding tert-OH is 1. The van der Waals surface area contributed by atoms with Crippen molar-refractivity contribution in [1.29, 1.82) is 0 Å². The molecule has 0 radical (unpaired) electrons. The number of aliphatic hydroxyl groups is 1. The minimum atomic E-state index is -0.759. The molecule has 1 fully saturated rings. The number of anilines is 1. The number of hydrogen-bond donors (Lipinski definition) is 2. The highest BCUT2D eigenvalue weighted by Gasteiger charge is 2.26. The van der Waals surface area contributed by atoms with Crippen LogP contribution < -0.4 is 5.32 Å². The number of benzene rings is 1. The first-order chi connectivity index (χ1) is 10.5.